The molecule has 1 amide bonds. The summed E-state index contributed by atoms with van der Waals surface area (Å²) in [5, 5.41) is 2.77. The zero-order chi connectivity index (χ0) is 15.2. The van der Waals surface area contributed by atoms with Gasteiger partial charge in [0.1, 0.15) is 5.75 Å². The summed E-state index contributed by atoms with van der Waals surface area (Å²) < 4.78 is 5.12. The lowest BCUT2D eigenvalue weighted by Gasteiger charge is -2.12. The zero-order valence-corrected chi connectivity index (χ0v) is 13.2. The summed E-state index contributed by atoms with van der Waals surface area (Å²) in [6.45, 7) is 3.91. The number of hydrogen-bond acceptors (Lipinski definition) is 3. The van der Waals surface area contributed by atoms with E-state index in [-0.39, 0.29) is 11.2 Å². The van der Waals surface area contributed by atoms with Crippen LogP contribution in [-0.2, 0) is 4.79 Å². The first-order chi connectivity index (χ1) is 10.1. The highest BCUT2D eigenvalue weighted by Crippen LogP contribution is 2.26. The Morgan fingerprint density at radius 1 is 1.19 bits per heavy atom. The number of nitrogens with one attached hydrogen (secondary N) is 1. The van der Waals surface area contributed by atoms with Gasteiger partial charge in [0, 0.05) is 10.6 Å². The van der Waals surface area contributed by atoms with Crippen LogP contribution in [0.4, 0.5) is 5.69 Å². The number of methoxy groups -OCH3 is 1. The average Bonchev–Trinajstić information content (AvgIpc) is 2.48. The molecule has 3 nitrogen and oxygen atoms in total. The summed E-state index contributed by atoms with van der Waals surface area (Å²) in [6.07, 6.45) is 0. The lowest BCUT2D eigenvalue weighted by atomic mass is 10.2. The van der Waals surface area contributed by atoms with E-state index in [1.165, 1.54) is 11.8 Å². The predicted molar refractivity (Wildman–Crippen MR) is 88.1 cm³/mol. The highest BCUT2D eigenvalue weighted by molar-refractivity contribution is 8.00. The first kappa shape index (κ1) is 15.4. The van der Waals surface area contributed by atoms with Crippen molar-refractivity contribution in [2.75, 3.05) is 12.4 Å². The molecule has 0 heterocycles. The SMILES string of the molecule is COc1ccc(S[C@@H](C)C(=O)Nc2cccc(C)c2)cc1. The first-order valence-electron chi connectivity index (χ1n) is 6.77. The summed E-state index contributed by atoms with van der Waals surface area (Å²) in [5.74, 6) is 0.817. The molecule has 0 radical (unpaired) electrons. The van der Waals surface area contributed by atoms with Crippen molar-refractivity contribution in [2.24, 2.45) is 0 Å². The Morgan fingerprint density at radius 2 is 1.90 bits per heavy atom. The highest BCUT2D eigenvalue weighted by Gasteiger charge is 2.14. The topological polar surface area (TPSA) is 38.3 Å². The number of hydrogen-bond donors (Lipinski definition) is 1. The maximum absolute atomic E-state index is 12.2. The van der Waals surface area contributed by atoms with Crippen molar-refractivity contribution >= 4 is 23.4 Å². The summed E-state index contributed by atoms with van der Waals surface area (Å²) >= 11 is 1.53. The third-order valence-electron chi connectivity index (χ3n) is 3.03. The smallest absolute Gasteiger partial charge is 0.237 e. The Labute approximate surface area is 129 Å². The van der Waals surface area contributed by atoms with Gasteiger partial charge in [-0.3, -0.25) is 4.79 Å². The molecule has 0 saturated carbocycles. The Bertz CT molecular complexity index is 610. The van der Waals surface area contributed by atoms with Gasteiger partial charge in [-0.25, -0.2) is 0 Å². The first-order valence-corrected chi connectivity index (χ1v) is 7.64. The molecule has 2 rings (SSSR count). The lowest BCUT2D eigenvalue weighted by Crippen LogP contribution is -2.22. The fourth-order valence-corrected chi connectivity index (χ4v) is 2.75. The van der Waals surface area contributed by atoms with Crippen LogP contribution in [-0.4, -0.2) is 18.3 Å². The normalized spacial score (nSPS) is 11.8. The van der Waals surface area contributed by atoms with Crippen LogP contribution in [0, 0.1) is 6.92 Å². The number of benzene rings is 2. The van der Waals surface area contributed by atoms with E-state index in [9.17, 15) is 4.79 Å². The zero-order valence-electron chi connectivity index (χ0n) is 12.4. The molecule has 21 heavy (non-hydrogen) atoms. The third kappa shape index (κ3) is 4.53. The summed E-state index contributed by atoms with van der Waals surface area (Å²) in [4.78, 5) is 13.2. The average molecular weight is 301 g/mol. The van der Waals surface area contributed by atoms with Crippen molar-refractivity contribution < 1.29 is 9.53 Å². The van der Waals surface area contributed by atoms with E-state index in [0.29, 0.717) is 0 Å². The number of amides is 1. The van der Waals surface area contributed by atoms with E-state index < -0.39 is 0 Å². The second-order valence-electron chi connectivity index (χ2n) is 4.79. The van der Waals surface area contributed by atoms with Gasteiger partial charge in [0.25, 0.3) is 0 Å². The van der Waals surface area contributed by atoms with Crippen LogP contribution in [0.2, 0.25) is 0 Å². The quantitative estimate of drug-likeness (QED) is 0.844. The molecule has 0 saturated heterocycles. The fraction of sp³-hybridized carbons (Fsp3) is 0.235. The minimum absolute atomic E-state index is 0.00131. The van der Waals surface area contributed by atoms with Crippen LogP contribution in [0.3, 0.4) is 0 Å². The molecule has 0 aliphatic rings. The monoisotopic (exact) mass is 301 g/mol. The molecule has 2 aromatic carbocycles. The second kappa shape index (κ2) is 7.18. The van der Waals surface area contributed by atoms with Gasteiger partial charge < -0.3 is 10.1 Å². The largest absolute Gasteiger partial charge is 0.497 e. The van der Waals surface area contributed by atoms with Crippen molar-refractivity contribution in [3.63, 3.8) is 0 Å². The summed E-state index contributed by atoms with van der Waals surface area (Å²) in [7, 11) is 1.64. The number of ether oxygens (including phenoxy) is 1. The number of aryl methyl sites for hydroxylation is 1. The molecule has 110 valence electrons. The molecule has 2 aromatic rings. The molecular weight excluding hydrogens is 282 g/mol. The van der Waals surface area contributed by atoms with E-state index in [2.05, 4.69) is 5.32 Å². The standard InChI is InChI=1S/C17H19NO2S/c1-12-5-4-6-14(11-12)18-17(19)13(2)21-16-9-7-15(20-3)8-10-16/h4-11,13H,1-3H3,(H,18,19)/t13-/m0/s1. The molecule has 0 unspecified atom stereocenters. The van der Waals surface area contributed by atoms with Crippen LogP contribution in [0.15, 0.2) is 53.4 Å². The second-order valence-corrected chi connectivity index (χ2v) is 6.21. The number of carbonyl (C=O) groups excluding carboxylic acids is 1. The molecule has 0 fully saturated rings. The molecule has 0 spiro atoms. The Morgan fingerprint density at radius 3 is 2.52 bits per heavy atom. The minimum atomic E-state index is -0.168. The predicted octanol–water partition coefficient (Wildman–Crippen LogP) is 4.12. The maximum atomic E-state index is 12.2. The van der Waals surface area contributed by atoms with Crippen LogP contribution < -0.4 is 10.1 Å². The van der Waals surface area contributed by atoms with Gasteiger partial charge in [0.2, 0.25) is 5.91 Å². The van der Waals surface area contributed by atoms with Gasteiger partial charge >= 0.3 is 0 Å². The number of rotatable bonds is 5. The van der Waals surface area contributed by atoms with Crippen molar-refractivity contribution in [1.82, 2.24) is 0 Å². The van der Waals surface area contributed by atoms with Crippen molar-refractivity contribution in [1.29, 1.82) is 0 Å². The van der Waals surface area contributed by atoms with Crippen molar-refractivity contribution in [3.8, 4) is 5.75 Å². The Hall–Kier alpha value is -1.94. The van der Waals surface area contributed by atoms with Crippen LogP contribution in [0.1, 0.15) is 12.5 Å². The molecule has 0 aromatic heterocycles. The number of anilines is 1. The fourth-order valence-electron chi connectivity index (χ4n) is 1.88. The molecule has 1 N–H and O–H groups in total. The van der Waals surface area contributed by atoms with E-state index >= 15 is 0 Å². The van der Waals surface area contributed by atoms with Gasteiger partial charge in [0.05, 0.1) is 12.4 Å². The molecule has 0 aliphatic carbocycles. The molecule has 0 aliphatic heterocycles. The minimum Gasteiger partial charge on any atom is -0.497 e. The van der Waals surface area contributed by atoms with Crippen molar-refractivity contribution in [2.45, 2.75) is 24.0 Å². The van der Waals surface area contributed by atoms with Gasteiger partial charge in [-0.15, -0.1) is 11.8 Å². The number of thioether (sulfide) groups is 1. The van der Waals surface area contributed by atoms with E-state index in [1.54, 1.807) is 7.11 Å². The summed E-state index contributed by atoms with van der Waals surface area (Å²) in [6, 6.07) is 15.5. The Kier molecular flexibility index (Phi) is 5.28. The molecule has 1 atom stereocenters. The van der Waals surface area contributed by atoms with E-state index in [1.807, 2.05) is 62.4 Å². The molecular formula is C17H19NO2S. The van der Waals surface area contributed by atoms with E-state index in [4.69, 9.17) is 4.74 Å². The highest BCUT2D eigenvalue weighted by atomic mass is 32.2. The maximum Gasteiger partial charge on any atom is 0.237 e. The Balaban J connectivity index is 1.95. The molecule has 4 heteroatoms. The van der Waals surface area contributed by atoms with Gasteiger partial charge in [-0.2, -0.15) is 0 Å². The van der Waals surface area contributed by atoms with Crippen molar-refractivity contribution in [3.05, 3.63) is 54.1 Å². The van der Waals surface area contributed by atoms with Crippen LogP contribution in [0.25, 0.3) is 0 Å². The number of carbonyl (C=O) groups is 1. The summed E-state index contributed by atoms with van der Waals surface area (Å²) in [5.41, 5.74) is 1.96. The van der Waals surface area contributed by atoms with Gasteiger partial charge in [-0.05, 0) is 55.8 Å². The third-order valence-corrected chi connectivity index (χ3v) is 4.14. The molecule has 0 bridgehead atoms. The van der Waals surface area contributed by atoms with Crippen LogP contribution >= 0.6 is 11.8 Å². The lowest BCUT2D eigenvalue weighted by molar-refractivity contribution is -0.115. The van der Waals surface area contributed by atoms with Crippen LogP contribution in [0.5, 0.6) is 5.75 Å². The van der Waals surface area contributed by atoms with Gasteiger partial charge in [0.15, 0.2) is 0 Å². The van der Waals surface area contributed by atoms with Gasteiger partial charge in [-0.1, -0.05) is 12.1 Å². The van der Waals surface area contributed by atoms with E-state index in [0.717, 1.165) is 21.9 Å².